The number of benzene rings is 1. The minimum Gasteiger partial charge on any atom is -0.336 e. The molecule has 1 aliphatic heterocycles. The maximum atomic E-state index is 12.5. The molecule has 2 rings (SSSR count). The summed E-state index contributed by atoms with van der Waals surface area (Å²) in [6.07, 6.45) is 0. The van der Waals surface area contributed by atoms with Gasteiger partial charge in [-0.25, -0.2) is 4.79 Å². The fraction of sp³-hybridized carbons (Fsp3) is 0.556. The highest BCUT2D eigenvalue weighted by atomic mass is 32.2. The SMILES string of the molecule is Cc1ccccc1[C@@H]1S[C@H](C)C(=O)N1CCN(C)C(=O)NC(C)C. The number of thioether (sulfide) groups is 1. The standard InChI is InChI=1S/C18H27N3O2S/c1-12(2)19-18(23)20(5)10-11-21-16(22)14(4)24-17(21)15-9-7-6-8-13(15)3/h6-9,12,14,17H,10-11H2,1-5H3,(H,19,23)/t14-,17+/m1/s1. The van der Waals surface area contributed by atoms with Gasteiger partial charge >= 0.3 is 6.03 Å². The second kappa shape index (κ2) is 7.92. The van der Waals surface area contributed by atoms with Crippen LogP contribution in [0.1, 0.15) is 37.3 Å². The number of carbonyl (C=O) groups is 2. The van der Waals surface area contributed by atoms with E-state index in [0.717, 1.165) is 0 Å². The van der Waals surface area contributed by atoms with Crippen LogP contribution in [0.2, 0.25) is 0 Å². The lowest BCUT2D eigenvalue weighted by Crippen LogP contribution is -2.44. The Morgan fingerprint density at radius 3 is 2.67 bits per heavy atom. The Morgan fingerprint density at radius 2 is 2.04 bits per heavy atom. The van der Waals surface area contributed by atoms with Crippen molar-refractivity contribution in [3.63, 3.8) is 0 Å². The number of hydrogen-bond acceptors (Lipinski definition) is 3. The van der Waals surface area contributed by atoms with Crippen molar-refractivity contribution >= 4 is 23.7 Å². The molecule has 0 saturated carbocycles. The van der Waals surface area contributed by atoms with E-state index in [-0.39, 0.29) is 28.6 Å². The third kappa shape index (κ3) is 4.23. The number of rotatable bonds is 5. The average molecular weight is 350 g/mol. The van der Waals surface area contributed by atoms with Gasteiger partial charge in [0.2, 0.25) is 5.91 Å². The van der Waals surface area contributed by atoms with E-state index in [4.69, 9.17) is 0 Å². The summed E-state index contributed by atoms with van der Waals surface area (Å²) < 4.78 is 0. The number of urea groups is 1. The van der Waals surface area contributed by atoms with E-state index in [9.17, 15) is 9.59 Å². The molecule has 1 fully saturated rings. The van der Waals surface area contributed by atoms with Gasteiger partial charge in [-0.2, -0.15) is 0 Å². The number of likely N-dealkylation sites (N-methyl/N-ethyl adjacent to an activating group) is 1. The number of aryl methyl sites for hydroxylation is 1. The third-order valence-electron chi connectivity index (χ3n) is 4.14. The van der Waals surface area contributed by atoms with E-state index in [1.54, 1.807) is 23.7 Å². The highest BCUT2D eigenvalue weighted by molar-refractivity contribution is 8.01. The van der Waals surface area contributed by atoms with Gasteiger partial charge < -0.3 is 15.1 Å². The molecule has 0 unspecified atom stereocenters. The van der Waals surface area contributed by atoms with Gasteiger partial charge in [0.25, 0.3) is 0 Å². The van der Waals surface area contributed by atoms with Gasteiger partial charge in [-0.15, -0.1) is 11.8 Å². The molecular formula is C18H27N3O2S. The highest BCUT2D eigenvalue weighted by Crippen LogP contribution is 2.43. The molecule has 1 saturated heterocycles. The summed E-state index contributed by atoms with van der Waals surface area (Å²) in [7, 11) is 1.76. The Hall–Kier alpha value is -1.69. The smallest absolute Gasteiger partial charge is 0.317 e. The van der Waals surface area contributed by atoms with Crippen molar-refractivity contribution in [1.29, 1.82) is 0 Å². The van der Waals surface area contributed by atoms with Gasteiger partial charge in [0.1, 0.15) is 5.37 Å². The predicted octanol–water partition coefficient (Wildman–Crippen LogP) is 3.01. The fourth-order valence-corrected chi connectivity index (χ4v) is 4.13. The maximum Gasteiger partial charge on any atom is 0.317 e. The lowest BCUT2D eigenvalue weighted by atomic mass is 10.1. The summed E-state index contributed by atoms with van der Waals surface area (Å²) in [6.45, 7) is 8.94. The largest absolute Gasteiger partial charge is 0.336 e. The van der Waals surface area contributed by atoms with E-state index in [2.05, 4.69) is 24.4 Å². The molecule has 0 aromatic heterocycles. The van der Waals surface area contributed by atoms with E-state index in [1.165, 1.54) is 11.1 Å². The Morgan fingerprint density at radius 1 is 1.38 bits per heavy atom. The number of nitrogens with zero attached hydrogens (tertiary/aromatic N) is 2. The molecule has 1 N–H and O–H groups in total. The van der Waals surface area contributed by atoms with Gasteiger partial charge in [0, 0.05) is 26.2 Å². The Bertz CT molecular complexity index is 606. The van der Waals surface area contributed by atoms with Crippen LogP contribution >= 0.6 is 11.8 Å². The minimum atomic E-state index is -0.107. The predicted molar refractivity (Wildman–Crippen MR) is 99.0 cm³/mol. The summed E-state index contributed by atoms with van der Waals surface area (Å²) in [6, 6.07) is 8.17. The average Bonchev–Trinajstić information content (AvgIpc) is 2.80. The van der Waals surface area contributed by atoms with Crippen LogP contribution in [0.15, 0.2) is 24.3 Å². The minimum absolute atomic E-state index is 0.0234. The molecule has 1 aromatic rings. The van der Waals surface area contributed by atoms with Gasteiger partial charge in [-0.1, -0.05) is 24.3 Å². The molecule has 5 nitrogen and oxygen atoms in total. The van der Waals surface area contributed by atoms with Crippen LogP contribution in [0.3, 0.4) is 0 Å². The lowest BCUT2D eigenvalue weighted by molar-refractivity contribution is -0.129. The quantitative estimate of drug-likeness (QED) is 0.889. The molecule has 1 aromatic carbocycles. The summed E-state index contributed by atoms with van der Waals surface area (Å²) in [5.41, 5.74) is 2.36. The fourth-order valence-electron chi connectivity index (χ4n) is 2.72. The zero-order chi connectivity index (χ0) is 17.9. The summed E-state index contributed by atoms with van der Waals surface area (Å²) in [5.74, 6) is 0.144. The zero-order valence-electron chi connectivity index (χ0n) is 15.1. The zero-order valence-corrected chi connectivity index (χ0v) is 15.9. The van der Waals surface area contributed by atoms with Gasteiger partial charge in [0.15, 0.2) is 0 Å². The number of amides is 3. The molecule has 6 heteroatoms. The molecule has 0 radical (unpaired) electrons. The van der Waals surface area contributed by atoms with Crippen LogP contribution in [0, 0.1) is 6.92 Å². The molecule has 0 aliphatic carbocycles. The summed E-state index contributed by atoms with van der Waals surface area (Å²) in [5, 5.41) is 2.84. The van der Waals surface area contributed by atoms with Crippen molar-refractivity contribution in [2.75, 3.05) is 20.1 Å². The molecule has 24 heavy (non-hydrogen) atoms. The van der Waals surface area contributed by atoms with Gasteiger partial charge in [0.05, 0.1) is 5.25 Å². The van der Waals surface area contributed by atoms with E-state index in [0.29, 0.717) is 13.1 Å². The highest BCUT2D eigenvalue weighted by Gasteiger charge is 2.38. The first-order valence-electron chi connectivity index (χ1n) is 8.34. The molecule has 2 atom stereocenters. The molecule has 0 bridgehead atoms. The van der Waals surface area contributed by atoms with Gasteiger partial charge in [-0.05, 0) is 38.8 Å². The van der Waals surface area contributed by atoms with Crippen LogP contribution in [-0.2, 0) is 4.79 Å². The molecule has 1 aliphatic rings. The topological polar surface area (TPSA) is 52.7 Å². The Kier molecular flexibility index (Phi) is 6.15. The van der Waals surface area contributed by atoms with Crippen molar-refractivity contribution in [3.05, 3.63) is 35.4 Å². The third-order valence-corrected chi connectivity index (χ3v) is 5.51. The van der Waals surface area contributed by atoms with E-state index >= 15 is 0 Å². The Balaban J connectivity index is 2.07. The van der Waals surface area contributed by atoms with Crippen molar-refractivity contribution in [2.45, 2.75) is 44.4 Å². The normalized spacial score (nSPS) is 20.6. The van der Waals surface area contributed by atoms with Crippen LogP contribution in [-0.4, -0.2) is 53.2 Å². The van der Waals surface area contributed by atoms with Crippen LogP contribution in [0.4, 0.5) is 4.79 Å². The molecule has 132 valence electrons. The monoisotopic (exact) mass is 349 g/mol. The number of carbonyl (C=O) groups excluding carboxylic acids is 2. The molecule has 3 amide bonds. The first kappa shape index (κ1) is 18.6. The lowest BCUT2D eigenvalue weighted by Gasteiger charge is -2.28. The van der Waals surface area contributed by atoms with Crippen molar-refractivity contribution in [2.24, 2.45) is 0 Å². The van der Waals surface area contributed by atoms with Crippen LogP contribution in [0.25, 0.3) is 0 Å². The van der Waals surface area contributed by atoms with Crippen molar-refractivity contribution in [1.82, 2.24) is 15.1 Å². The molecule has 1 heterocycles. The van der Waals surface area contributed by atoms with E-state index in [1.807, 2.05) is 37.8 Å². The number of hydrogen-bond donors (Lipinski definition) is 1. The summed E-state index contributed by atoms with van der Waals surface area (Å²) >= 11 is 1.68. The van der Waals surface area contributed by atoms with Crippen molar-refractivity contribution < 1.29 is 9.59 Å². The summed E-state index contributed by atoms with van der Waals surface area (Å²) in [4.78, 5) is 28.1. The second-order valence-corrected chi connectivity index (χ2v) is 7.97. The first-order chi connectivity index (χ1) is 11.3. The number of nitrogens with one attached hydrogen (secondary N) is 1. The van der Waals surface area contributed by atoms with E-state index < -0.39 is 0 Å². The molecular weight excluding hydrogens is 322 g/mol. The first-order valence-corrected chi connectivity index (χ1v) is 9.28. The molecule has 0 spiro atoms. The van der Waals surface area contributed by atoms with Crippen LogP contribution < -0.4 is 5.32 Å². The second-order valence-electron chi connectivity index (χ2n) is 6.54. The Labute approximate surface area is 148 Å². The van der Waals surface area contributed by atoms with Crippen LogP contribution in [0.5, 0.6) is 0 Å². The maximum absolute atomic E-state index is 12.5. The van der Waals surface area contributed by atoms with Crippen molar-refractivity contribution in [3.8, 4) is 0 Å². The van der Waals surface area contributed by atoms with Gasteiger partial charge in [-0.3, -0.25) is 4.79 Å².